The monoisotopic (exact) mass is 401 g/mol. The van der Waals surface area contributed by atoms with E-state index in [1.807, 2.05) is 24.3 Å². The van der Waals surface area contributed by atoms with Gasteiger partial charge in [-0.25, -0.2) is 0 Å². The summed E-state index contributed by atoms with van der Waals surface area (Å²) in [7, 11) is 0. The number of fused-ring (bicyclic) bond motifs is 3. The van der Waals surface area contributed by atoms with Crippen LogP contribution < -0.4 is 5.32 Å². The molecule has 1 spiro atoms. The Kier molecular flexibility index (Phi) is 2.35. The smallest absolute Gasteiger partial charge is 0.235 e. The third kappa shape index (κ3) is 1.47. The normalized spacial score (nSPS) is 25.5. The van der Waals surface area contributed by atoms with E-state index in [9.17, 15) is 4.79 Å². The molecule has 2 atom stereocenters. The molecule has 1 saturated carbocycles. The molecule has 1 fully saturated rings. The maximum absolute atomic E-state index is 12.5. The van der Waals surface area contributed by atoms with Gasteiger partial charge < -0.3 is 5.32 Å². The van der Waals surface area contributed by atoms with Gasteiger partial charge in [0.25, 0.3) is 0 Å². The molecular weight excluding hydrogens is 389 g/mol. The molecule has 1 amide bonds. The van der Waals surface area contributed by atoms with Gasteiger partial charge in [-0.3, -0.25) is 9.89 Å². The minimum absolute atomic E-state index is 0.140. The van der Waals surface area contributed by atoms with E-state index >= 15 is 0 Å². The fraction of sp³-hybridized carbons (Fsp3) is 0.176. The van der Waals surface area contributed by atoms with Gasteiger partial charge in [-0.1, -0.05) is 24.3 Å². The molecule has 4 nitrogen and oxygen atoms in total. The Hall–Kier alpha value is -1.89. The summed E-state index contributed by atoms with van der Waals surface area (Å²) in [6.45, 7) is 0. The number of anilines is 1. The maximum Gasteiger partial charge on any atom is 0.235 e. The summed E-state index contributed by atoms with van der Waals surface area (Å²) in [5, 5.41) is 11.4. The number of halogens is 1. The third-order valence-electron chi connectivity index (χ3n) is 4.96. The Labute approximate surface area is 140 Å². The highest BCUT2D eigenvalue weighted by molar-refractivity contribution is 14.1. The first-order valence-electron chi connectivity index (χ1n) is 7.24. The predicted octanol–water partition coefficient (Wildman–Crippen LogP) is 3.54. The van der Waals surface area contributed by atoms with Crippen molar-refractivity contribution >= 4 is 45.1 Å². The number of para-hydroxylation sites is 1. The molecule has 2 heterocycles. The standard InChI is InChI=1S/C17H12IN3O/c18-15-10-7-9(5-6-13(10)20-21-15)12-8-17(12)11-3-1-2-4-14(11)19-16(17)22/h1-7,12H,8H2,(H,19,22)(H,20,21)/t12-,17+/m1/s1. The van der Waals surface area contributed by atoms with Crippen LogP contribution in [0.5, 0.6) is 0 Å². The molecule has 0 radical (unpaired) electrons. The Morgan fingerprint density at radius 1 is 1.23 bits per heavy atom. The number of carbonyl (C=O) groups excluding carboxylic acids is 1. The highest BCUT2D eigenvalue weighted by atomic mass is 127. The van der Waals surface area contributed by atoms with Crippen LogP contribution in [0.1, 0.15) is 23.5 Å². The first kappa shape index (κ1) is 12.6. The summed E-state index contributed by atoms with van der Waals surface area (Å²) in [5.74, 6) is 0.395. The fourth-order valence-electron chi connectivity index (χ4n) is 3.76. The van der Waals surface area contributed by atoms with Crippen LogP contribution in [0.15, 0.2) is 42.5 Å². The van der Waals surface area contributed by atoms with E-state index in [-0.39, 0.29) is 17.2 Å². The molecule has 1 aliphatic carbocycles. The molecule has 22 heavy (non-hydrogen) atoms. The summed E-state index contributed by atoms with van der Waals surface area (Å²) in [6.07, 6.45) is 0.885. The lowest BCUT2D eigenvalue weighted by molar-refractivity contribution is -0.118. The zero-order chi connectivity index (χ0) is 14.9. The number of hydrogen-bond acceptors (Lipinski definition) is 2. The van der Waals surface area contributed by atoms with Crippen molar-refractivity contribution in [2.24, 2.45) is 0 Å². The van der Waals surface area contributed by atoms with Gasteiger partial charge in [0.2, 0.25) is 5.91 Å². The Morgan fingerprint density at radius 2 is 2.09 bits per heavy atom. The highest BCUT2D eigenvalue weighted by Gasteiger charge is 2.65. The van der Waals surface area contributed by atoms with Crippen molar-refractivity contribution in [2.75, 3.05) is 5.32 Å². The lowest BCUT2D eigenvalue weighted by Gasteiger charge is -2.08. The number of nitrogens with one attached hydrogen (secondary N) is 2. The molecule has 5 rings (SSSR count). The third-order valence-corrected chi connectivity index (χ3v) is 5.78. The number of benzene rings is 2. The number of H-pyrrole nitrogens is 1. The topological polar surface area (TPSA) is 57.8 Å². The summed E-state index contributed by atoms with van der Waals surface area (Å²) in [4.78, 5) is 12.5. The highest BCUT2D eigenvalue weighted by Crippen LogP contribution is 2.64. The number of nitrogens with zero attached hydrogens (tertiary/aromatic N) is 1. The van der Waals surface area contributed by atoms with Crippen molar-refractivity contribution in [1.29, 1.82) is 0 Å². The van der Waals surface area contributed by atoms with E-state index in [0.29, 0.717) is 0 Å². The minimum atomic E-state index is -0.362. The predicted molar refractivity (Wildman–Crippen MR) is 92.9 cm³/mol. The number of hydrogen-bond donors (Lipinski definition) is 2. The lowest BCUT2D eigenvalue weighted by atomic mass is 9.92. The second-order valence-electron chi connectivity index (χ2n) is 6.04. The van der Waals surface area contributed by atoms with Gasteiger partial charge >= 0.3 is 0 Å². The Balaban J connectivity index is 1.63. The quantitative estimate of drug-likeness (QED) is 0.613. The van der Waals surface area contributed by atoms with Gasteiger partial charge in [-0.2, -0.15) is 5.10 Å². The van der Waals surface area contributed by atoms with Crippen LogP contribution in [-0.2, 0) is 10.2 Å². The van der Waals surface area contributed by atoms with Gasteiger partial charge in [-0.15, -0.1) is 0 Å². The van der Waals surface area contributed by atoms with Gasteiger partial charge in [0, 0.05) is 17.0 Å². The summed E-state index contributed by atoms with van der Waals surface area (Å²) in [5.41, 5.74) is 3.94. The number of rotatable bonds is 1. The molecule has 1 aliphatic heterocycles. The Bertz CT molecular complexity index is 948. The average molecular weight is 401 g/mol. The second kappa shape index (κ2) is 4.10. The molecular formula is C17H12IN3O. The van der Waals surface area contributed by atoms with E-state index < -0.39 is 0 Å². The molecule has 5 heteroatoms. The number of aromatic nitrogens is 2. The first-order chi connectivity index (χ1) is 10.7. The van der Waals surface area contributed by atoms with Crippen LogP contribution in [0.4, 0.5) is 5.69 Å². The molecule has 3 aromatic rings. The van der Waals surface area contributed by atoms with E-state index in [2.05, 4.69) is 56.3 Å². The van der Waals surface area contributed by atoms with E-state index in [0.717, 1.165) is 32.3 Å². The van der Waals surface area contributed by atoms with Gasteiger partial charge in [0.1, 0.15) is 3.70 Å². The van der Waals surface area contributed by atoms with Crippen molar-refractivity contribution in [2.45, 2.75) is 17.8 Å². The van der Waals surface area contributed by atoms with Crippen molar-refractivity contribution in [3.63, 3.8) is 0 Å². The Morgan fingerprint density at radius 3 is 3.00 bits per heavy atom. The zero-order valence-corrected chi connectivity index (χ0v) is 13.7. The van der Waals surface area contributed by atoms with Crippen LogP contribution in [0, 0.1) is 3.70 Å². The van der Waals surface area contributed by atoms with Crippen molar-refractivity contribution < 1.29 is 4.79 Å². The molecule has 2 aliphatic rings. The molecule has 108 valence electrons. The minimum Gasteiger partial charge on any atom is -0.325 e. The first-order valence-corrected chi connectivity index (χ1v) is 8.32. The fourth-order valence-corrected chi connectivity index (χ4v) is 4.32. The van der Waals surface area contributed by atoms with E-state index in [1.54, 1.807) is 0 Å². The van der Waals surface area contributed by atoms with Crippen LogP contribution >= 0.6 is 22.6 Å². The van der Waals surface area contributed by atoms with Crippen molar-refractivity contribution in [3.05, 3.63) is 57.3 Å². The number of aromatic amines is 1. The maximum atomic E-state index is 12.5. The van der Waals surface area contributed by atoms with E-state index in [4.69, 9.17) is 0 Å². The molecule has 0 saturated heterocycles. The molecule has 2 aromatic carbocycles. The summed E-state index contributed by atoms with van der Waals surface area (Å²) >= 11 is 2.26. The SMILES string of the molecule is O=C1Nc2ccccc2[C@]12C[C@@H]2c1ccc2n[nH]c(I)c2c1. The summed E-state index contributed by atoms with van der Waals surface area (Å²) in [6, 6.07) is 14.4. The van der Waals surface area contributed by atoms with Crippen LogP contribution in [0.2, 0.25) is 0 Å². The van der Waals surface area contributed by atoms with E-state index in [1.165, 1.54) is 5.56 Å². The largest absolute Gasteiger partial charge is 0.325 e. The van der Waals surface area contributed by atoms with Crippen molar-refractivity contribution in [1.82, 2.24) is 10.2 Å². The summed E-state index contributed by atoms with van der Waals surface area (Å²) < 4.78 is 1.04. The van der Waals surface area contributed by atoms with Gasteiger partial charge in [-0.05, 0) is 58.3 Å². The molecule has 0 bridgehead atoms. The second-order valence-corrected chi connectivity index (χ2v) is 7.12. The average Bonchev–Trinajstić information content (AvgIpc) is 3.10. The van der Waals surface area contributed by atoms with Crippen LogP contribution in [0.3, 0.4) is 0 Å². The molecule has 2 N–H and O–H groups in total. The van der Waals surface area contributed by atoms with Gasteiger partial charge in [0.05, 0.1) is 10.9 Å². The molecule has 1 aromatic heterocycles. The van der Waals surface area contributed by atoms with Crippen LogP contribution in [-0.4, -0.2) is 16.1 Å². The van der Waals surface area contributed by atoms with Crippen LogP contribution in [0.25, 0.3) is 10.9 Å². The van der Waals surface area contributed by atoms with Crippen molar-refractivity contribution in [3.8, 4) is 0 Å². The molecule has 0 unspecified atom stereocenters. The number of amides is 1. The number of carbonyl (C=O) groups is 1. The lowest BCUT2D eigenvalue weighted by Crippen LogP contribution is -2.20. The van der Waals surface area contributed by atoms with Gasteiger partial charge in [0.15, 0.2) is 0 Å². The zero-order valence-electron chi connectivity index (χ0n) is 11.6.